The molecule has 5 heterocycles. The van der Waals surface area contributed by atoms with Gasteiger partial charge in [-0.2, -0.15) is 15.3 Å². The molecule has 2 aliphatic heterocycles. The largest absolute Gasteiger partial charge is 0.478 e. The second-order valence-corrected chi connectivity index (χ2v) is 10.7. The van der Waals surface area contributed by atoms with Crippen LogP contribution in [0.3, 0.4) is 0 Å². The van der Waals surface area contributed by atoms with Gasteiger partial charge >= 0.3 is 5.97 Å². The molecule has 0 bridgehead atoms. The summed E-state index contributed by atoms with van der Waals surface area (Å²) in [6, 6.07) is 16.7. The van der Waals surface area contributed by atoms with E-state index in [1.807, 2.05) is 29.1 Å². The van der Waals surface area contributed by atoms with E-state index in [0.717, 1.165) is 33.9 Å². The standard InChI is InChI=1S/C31H26FN7O4/c32-24-8-19(10-33)4-5-22(24)18-43-30-3-1-2-28(35-30)37-12-23-13-38(36-26(23)14-37)15-29-34-25-7-6-21(31(40)41)9-27(25)39(29)11-20-16-42-17-20/h1-9,13,20H,11-12,14-18H2,(H,40,41). The van der Waals surface area contributed by atoms with Crippen LogP contribution in [0.4, 0.5) is 10.2 Å². The molecule has 0 saturated carbocycles. The van der Waals surface area contributed by atoms with Gasteiger partial charge in [0, 0.05) is 42.4 Å². The number of anilines is 1. The summed E-state index contributed by atoms with van der Waals surface area (Å²) in [5.41, 5.74) is 4.40. The lowest BCUT2D eigenvalue weighted by Crippen LogP contribution is -2.32. The van der Waals surface area contributed by atoms with Gasteiger partial charge in [0.25, 0.3) is 0 Å². The number of halogens is 1. The second-order valence-electron chi connectivity index (χ2n) is 10.7. The second kappa shape index (κ2) is 10.8. The summed E-state index contributed by atoms with van der Waals surface area (Å²) in [5, 5.41) is 23.3. The number of fused-ring (bicyclic) bond motifs is 2. The van der Waals surface area contributed by atoms with Crippen molar-refractivity contribution in [2.75, 3.05) is 18.1 Å². The van der Waals surface area contributed by atoms with Crippen LogP contribution in [0, 0.1) is 23.1 Å². The molecule has 12 heteroatoms. The Kier molecular flexibility index (Phi) is 6.71. The van der Waals surface area contributed by atoms with Gasteiger partial charge in [0.1, 0.15) is 24.1 Å². The number of hydrogen-bond donors (Lipinski definition) is 1. The number of benzene rings is 2. The highest BCUT2D eigenvalue weighted by molar-refractivity contribution is 5.92. The number of nitrogens with zero attached hydrogens (tertiary/aromatic N) is 7. The van der Waals surface area contributed by atoms with Crippen molar-refractivity contribution in [2.45, 2.75) is 32.8 Å². The van der Waals surface area contributed by atoms with Crippen molar-refractivity contribution in [3.63, 3.8) is 0 Å². The number of carbonyl (C=O) groups is 1. The molecule has 0 spiro atoms. The van der Waals surface area contributed by atoms with E-state index in [4.69, 9.17) is 24.8 Å². The number of carboxylic acids is 1. The minimum atomic E-state index is -0.969. The smallest absolute Gasteiger partial charge is 0.335 e. The van der Waals surface area contributed by atoms with Gasteiger partial charge in [0.05, 0.1) is 60.2 Å². The van der Waals surface area contributed by atoms with E-state index in [-0.39, 0.29) is 17.7 Å². The van der Waals surface area contributed by atoms with Crippen LogP contribution >= 0.6 is 0 Å². The molecule has 1 N–H and O–H groups in total. The third-order valence-corrected chi connectivity index (χ3v) is 7.74. The Morgan fingerprint density at radius 2 is 2.02 bits per heavy atom. The lowest BCUT2D eigenvalue weighted by Gasteiger charge is -2.27. The van der Waals surface area contributed by atoms with Gasteiger partial charge in [-0.1, -0.05) is 12.1 Å². The third-order valence-electron chi connectivity index (χ3n) is 7.74. The lowest BCUT2D eigenvalue weighted by molar-refractivity contribution is -0.0392. The van der Waals surface area contributed by atoms with E-state index in [9.17, 15) is 14.3 Å². The van der Waals surface area contributed by atoms with Crippen molar-refractivity contribution >= 4 is 22.8 Å². The maximum Gasteiger partial charge on any atom is 0.335 e. The molecule has 0 aliphatic carbocycles. The highest BCUT2D eigenvalue weighted by Gasteiger charge is 2.26. The average molecular weight is 580 g/mol. The summed E-state index contributed by atoms with van der Waals surface area (Å²) in [6.07, 6.45) is 2.02. The molecule has 0 atom stereocenters. The Bertz CT molecular complexity index is 1880. The number of aromatic nitrogens is 5. The van der Waals surface area contributed by atoms with E-state index in [1.165, 1.54) is 6.07 Å². The number of aromatic carboxylic acids is 1. The minimum absolute atomic E-state index is 0.00300. The number of imidazole rings is 1. The quantitative estimate of drug-likeness (QED) is 0.274. The van der Waals surface area contributed by atoms with E-state index < -0.39 is 11.8 Å². The Balaban J connectivity index is 1.05. The SMILES string of the molecule is N#Cc1ccc(COc2cccc(N3Cc4cn(Cc5nc6ccc(C(=O)O)cc6n5CC5COC5)nc4C3)n2)c(F)c1. The fourth-order valence-corrected chi connectivity index (χ4v) is 5.42. The molecule has 1 saturated heterocycles. The average Bonchev–Trinajstić information content (AvgIpc) is 3.65. The third kappa shape index (κ3) is 5.26. The van der Waals surface area contributed by atoms with Crippen molar-refractivity contribution in [1.29, 1.82) is 5.26 Å². The first kappa shape index (κ1) is 26.6. The number of ether oxygens (including phenoxy) is 2. The zero-order valence-electron chi connectivity index (χ0n) is 23.0. The molecule has 0 radical (unpaired) electrons. The summed E-state index contributed by atoms with van der Waals surface area (Å²) in [4.78, 5) is 23.1. The molecule has 0 amide bonds. The van der Waals surface area contributed by atoms with Gasteiger partial charge in [-0.15, -0.1) is 0 Å². The van der Waals surface area contributed by atoms with Crippen molar-refractivity contribution in [3.8, 4) is 11.9 Å². The summed E-state index contributed by atoms with van der Waals surface area (Å²) < 4.78 is 29.3. The van der Waals surface area contributed by atoms with Crippen molar-refractivity contribution in [2.24, 2.45) is 5.92 Å². The monoisotopic (exact) mass is 579 g/mol. The van der Waals surface area contributed by atoms with Crippen LogP contribution in [0.2, 0.25) is 0 Å². The molecule has 216 valence electrons. The Labute approximate surface area is 245 Å². The number of carboxylic acid groups (broad SMARTS) is 1. The lowest BCUT2D eigenvalue weighted by atomic mass is 10.1. The molecule has 2 aromatic carbocycles. The minimum Gasteiger partial charge on any atom is -0.478 e. The zero-order valence-corrected chi connectivity index (χ0v) is 23.0. The van der Waals surface area contributed by atoms with Gasteiger partial charge in [0.15, 0.2) is 0 Å². The van der Waals surface area contributed by atoms with E-state index >= 15 is 0 Å². The maximum atomic E-state index is 14.2. The maximum absolute atomic E-state index is 14.2. The number of pyridine rings is 1. The first-order valence-corrected chi connectivity index (χ1v) is 13.8. The number of rotatable bonds is 9. The van der Waals surface area contributed by atoms with Crippen LogP contribution < -0.4 is 9.64 Å². The van der Waals surface area contributed by atoms with Crippen LogP contribution in [0.5, 0.6) is 5.88 Å². The Morgan fingerprint density at radius 3 is 2.77 bits per heavy atom. The molecule has 1 fully saturated rings. The summed E-state index contributed by atoms with van der Waals surface area (Å²) >= 11 is 0. The fourth-order valence-electron chi connectivity index (χ4n) is 5.42. The summed E-state index contributed by atoms with van der Waals surface area (Å²) in [5.74, 6) is 0.806. The van der Waals surface area contributed by atoms with Gasteiger partial charge in [0.2, 0.25) is 5.88 Å². The van der Waals surface area contributed by atoms with Crippen LogP contribution in [-0.2, 0) is 37.5 Å². The van der Waals surface area contributed by atoms with Gasteiger partial charge in [-0.3, -0.25) is 4.68 Å². The normalized spacial score (nSPS) is 14.5. The van der Waals surface area contributed by atoms with Crippen LogP contribution in [-0.4, -0.2) is 48.6 Å². The first-order chi connectivity index (χ1) is 20.9. The zero-order chi connectivity index (χ0) is 29.5. The van der Waals surface area contributed by atoms with Gasteiger partial charge in [-0.25, -0.2) is 14.2 Å². The molecule has 43 heavy (non-hydrogen) atoms. The topological polar surface area (TPSA) is 131 Å². The summed E-state index contributed by atoms with van der Waals surface area (Å²) in [7, 11) is 0. The Morgan fingerprint density at radius 1 is 1.14 bits per heavy atom. The van der Waals surface area contributed by atoms with Gasteiger partial charge < -0.3 is 24.0 Å². The van der Waals surface area contributed by atoms with Crippen molar-refractivity contribution < 1.29 is 23.8 Å². The predicted octanol–water partition coefficient (Wildman–Crippen LogP) is 4.13. The Hall–Kier alpha value is -5.28. The molecule has 0 unspecified atom stereocenters. The van der Waals surface area contributed by atoms with Crippen molar-refractivity contribution in [3.05, 3.63) is 100 Å². The number of hydrogen-bond acceptors (Lipinski definition) is 8. The predicted molar refractivity (Wildman–Crippen MR) is 152 cm³/mol. The fraction of sp³-hybridized carbons (Fsp3) is 0.258. The molecular weight excluding hydrogens is 553 g/mol. The highest BCUT2D eigenvalue weighted by Crippen LogP contribution is 2.29. The van der Waals surface area contributed by atoms with Crippen LogP contribution in [0.15, 0.2) is 60.8 Å². The van der Waals surface area contributed by atoms with Crippen LogP contribution in [0.25, 0.3) is 11.0 Å². The highest BCUT2D eigenvalue weighted by atomic mass is 19.1. The van der Waals surface area contributed by atoms with E-state index in [1.54, 1.807) is 36.4 Å². The first-order valence-electron chi connectivity index (χ1n) is 13.8. The molecule has 3 aromatic heterocycles. The molecule has 11 nitrogen and oxygen atoms in total. The summed E-state index contributed by atoms with van der Waals surface area (Å²) in [6.45, 7) is 3.69. The van der Waals surface area contributed by atoms with E-state index in [0.29, 0.717) is 56.8 Å². The molecule has 7 rings (SSSR count). The van der Waals surface area contributed by atoms with Gasteiger partial charge in [-0.05, 0) is 36.4 Å². The van der Waals surface area contributed by atoms with Crippen molar-refractivity contribution in [1.82, 2.24) is 24.3 Å². The molecular formula is C31H26FN7O4. The van der Waals surface area contributed by atoms with E-state index in [2.05, 4.69) is 14.5 Å². The van der Waals surface area contributed by atoms with Crippen LogP contribution in [0.1, 0.15) is 38.6 Å². The molecule has 5 aromatic rings. The number of nitriles is 1. The molecule has 2 aliphatic rings.